The zero-order chi connectivity index (χ0) is 16.7. The van der Waals surface area contributed by atoms with Gasteiger partial charge >= 0.3 is 12.6 Å². The molecule has 126 valence electrons. The van der Waals surface area contributed by atoms with Crippen LogP contribution in [0.3, 0.4) is 0 Å². The number of hydrogen-bond donors (Lipinski definition) is 2. The molecule has 2 amide bonds. The van der Waals surface area contributed by atoms with Crippen molar-refractivity contribution < 1.29 is 27.1 Å². The number of pyridine rings is 1. The second kappa shape index (κ2) is 5.54. The summed E-state index contributed by atoms with van der Waals surface area (Å²) in [5, 5.41) is 5.16. The highest BCUT2D eigenvalue weighted by Crippen LogP contribution is 2.70. The Kier molecular flexibility index (Phi) is 3.81. The number of alkyl halides is 4. The highest BCUT2D eigenvalue weighted by atomic mass is 19.3. The van der Waals surface area contributed by atoms with Crippen LogP contribution in [0.5, 0.6) is 5.88 Å². The van der Waals surface area contributed by atoms with Gasteiger partial charge in [-0.2, -0.15) is 8.78 Å². The Labute approximate surface area is 129 Å². The molecule has 2 aliphatic carbocycles. The fraction of sp³-hybridized carbons (Fsp3) is 0.571. The maximum Gasteiger partial charge on any atom is 0.388 e. The van der Waals surface area contributed by atoms with Crippen LogP contribution in [0.25, 0.3) is 0 Å². The van der Waals surface area contributed by atoms with Crippen LogP contribution in [0, 0.1) is 5.41 Å². The van der Waals surface area contributed by atoms with Crippen molar-refractivity contribution in [2.24, 2.45) is 5.41 Å². The predicted molar refractivity (Wildman–Crippen MR) is 71.3 cm³/mol. The van der Waals surface area contributed by atoms with Gasteiger partial charge in [-0.15, -0.1) is 0 Å². The number of nitrogens with zero attached hydrogens (tertiary/aromatic N) is 1. The van der Waals surface area contributed by atoms with Crippen molar-refractivity contribution in [2.75, 3.05) is 0 Å². The second-order valence-electron chi connectivity index (χ2n) is 5.97. The van der Waals surface area contributed by atoms with Crippen molar-refractivity contribution in [1.29, 1.82) is 0 Å². The normalized spacial score (nSPS) is 27.4. The predicted octanol–water partition coefficient (Wildman–Crippen LogP) is 2.67. The van der Waals surface area contributed by atoms with E-state index in [0.717, 1.165) is 0 Å². The van der Waals surface area contributed by atoms with Crippen molar-refractivity contribution in [1.82, 2.24) is 15.6 Å². The summed E-state index contributed by atoms with van der Waals surface area (Å²) < 4.78 is 54.4. The molecule has 0 bridgehead atoms. The minimum atomic E-state index is -2.97. The van der Waals surface area contributed by atoms with Crippen LogP contribution in [-0.2, 0) is 6.54 Å². The van der Waals surface area contributed by atoms with E-state index in [0.29, 0.717) is 5.56 Å². The van der Waals surface area contributed by atoms with Crippen LogP contribution in [0.1, 0.15) is 24.8 Å². The number of amides is 2. The van der Waals surface area contributed by atoms with E-state index in [9.17, 15) is 22.4 Å². The molecular formula is C14H15F4N3O2. The van der Waals surface area contributed by atoms with Crippen LogP contribution in [0.4, 0.5) is 22.4 Å². The van der Waals surface area contributed by atoms with Gasteiger partial charge in [0.15, 0.2) is 0 Å². The van der Waals surface area contributed by atoms with Gasteiger partial charge in [0.25, 0.3) is 5.92 Å². The monoisotopic (exact) mass is 333 g/mol. The van der Waals surface area contributed by atoms with E-state index in [4.69, 9.17) is 0 Å². The van der Waals surface area contributed by atoms with Gasteiger partial charge in [0.2, 0.25) is 5.88 Å². The quantitative estimate of drug-likeness (QED) is 0.815. The lowest BCUT2D eigenvalue weighted by molar-refractivity contribution is -0.0529. The van der Waals surface area contributed by atoms with Gasteiger partial charge in [-0.25, -0.2) is 18.6 Å². The Hall–Kier alpha value is -2.06. The van der Waals surface area contributed by atoms with Gasteiger partial charge in [0.05, 0.1) is 0 Å². The van der Waals surface area contributed by atoms with Gasteiger partial charge in [-0.3, -0.25) is 0 Å². The average molecular weight is 333 g/mol. The molecule has 3 rings (SSSR count). The fourth-order valence-electron chi connectivity index (χ4n) is 2.94. The summed E-state index contributed by atoms with van der Waals surface area (Å²) in [4.78, 5) is 15.3. The summed E-state index contributed by atoms with van der Waals surface area (Å²) in [6.07, 6.45) is 1.77. The molecule has 2 N–H and O–H groups in total. The van der Waals surface area contributed by atoms with E-state index >= 15 is 0 Å². The summed E-state index contributed by atoms with van der Waals surface area (Å²) in [7, 11) is 0. The summed E-state index contributed by atoms with van der Waals surface area (Å²) in [6, 6.07) is 2.09. The zero-order valence-corrected chi connectivity index (χ0v) is 12.0. The molecule has 0 aliphatic heterocycles. The highest BCUT2D eigenvalue weighted by Gasteiger charge is 2.75. The molecule has 23 heavy (non-hydrogen) atoms. The standard InChI is InChI=1S/C14H15F4N3O2/c15-11(16)23-10-3-8(1-2-19-10)6-20-12(22)21-9-4-13(5-9)7-14(13,17)18/h1-3,9,11H,4-7H2,(H2,20,21,22). The van der Waals surface area contributed by atoms with Crippen LogP contribution >= 0.6 is 0 Å². The van der Waals surface area contributed by atoms with Crippen LogP contribution in [0.2, 0.25) is 0 Å². The van der Waals surface area contributed by atoms with E-state index < -0.39 is 24.0 Å². The first-order valence-corrected chi connectivity index (χ1v) is 7.12. The maximum atomic E-state index is 13.0. The van der Waals surface area contributed by atoms with Gasteiger partial charge in [0.1, 0.15) is 0 Å². The molecular weight excluding hydrogens is 318 g/mol. The number of ether oxygens (including phenoxy) is 1. The molecule has 1 aromatic heterocycles. The first-order valence-electron chi connectivity index (χ1n) is 7.12. The molecule has 2 aliphatic rings. The third kappa shape index (κ3) is 3.32. The van der Waals surface area contributed by atoms with E-state index in [-0.39, 0.29) is 37.7 Å². The number of carbonyl (C=O) groups is 1. The number of rotatable bonds is 5. The summed E-state index contributed by atoms with van der Waals surface area (Å²) >= 11 is 0. The van der Waals surface area contributed by atoms with Crippen LogP contribution in [0.15, 0.2) is 18.3 Å². The Balaban J connectivity index is 1.41. The van der Waals surface area contributed by atoms with Crippen molar-refractivity contribution in [3.8, 4) is 5.88 Å². The van der Waals surface area contributed by atoms with Crippen molar-refractivity contribution in [2.45, 2.75) is 44.4 Å². The molecule has 0 aromatic carbocycles. The number of urea groups is 1. The number of halogens is 4. The molecule has 5 nitrogen and oxygen atoms in total. The van der Waals surface area contributed by atoms with E-state index in [1.165, 1.54) is 12.3 Å². The largest absolute Gasteiger partial charge is 0.417 e. The summed E-state index contributed by atoms with van der Waals surface area (Å²) in [5.41, 5.74) is -0.359. The minimum absolute atomic E-state index is 0.0853. The van der Waals surface area contributed by atoms with Gasteiger partial charge < -0.3 is 15.4 Å². The third-order valence-corrected chi connectivity index (χ3v) is 4.28. The second-order valence-corrected chi connectivity index (χ2v) is 5.97. The SMILES string of the molecule is O=C(NCc1ccnc(OC(F)F)c1)NC1CC2(C1)CC2(F)F. The van der Waals surface area contributed by atoms with Gasteiger partial charge in [0, 0.05) is 36.7 Å². The summed E-state index contributed by atoms with van der Waals surface area (Å²) in [5.74, 6) is -2.82. The number of nitrogens with one attached hydrogen (secondary N) is 2. The lowest BCUT2D eigenvalue weighted by atomic mass is 9.76. The molecule has 2 fully saturated rings. The smallest absolute Gasteiger partial charge is 0.388 e. The first kappa shape index (κ1) is 15.8. The van der Waals surface area contributed by atoms with E-state index in [2.05, 4.69) is 20.4 Å². The topological polar surface area (TPSA) is 63.2 Å². The number of aromatic nitrogens is 1. The Morgan fingerprint density at radius 2 is 2.13 bits per heavy atom. The van der Waals surface area contributed by atoms with Crippen molar-refractivity contribution >= 4 is 6.03 Å². The van der Waals surface area contributed by atoms with Gasteiger partial charge in [-0.1, -0.05) is 0 Å². The molecule has 0 unspecified atom stereocenters. The molecule has 1 heterocycles. The molecule has 0 saturated heterocycles. The molecule has 9 heteroatoms. The first-order chi connectivity index (χ1) is 10.8. The van der Waals surface area contributed by atoms with Crippen molar-refractivity contribution in [3.63, 3.8) is 0 Å². The highest BCUT2D eigenvalue weighted by molar-refractivity contribution is 5.74. The number of hydrogen-bond acceptors (Lipinski definition) is 3. The van der Waals surface area contributed by atoms with E-state index in [1.807, 2.05) is 0 Å². The average Bonchev–Trinajstić information content (AvgIpc) is 2.98. The zero-order valence-electron chi connectivity index (χ0n) is 12.0. The lowest BCUT2D eigenvalue weighted by Gasteiger charge is -2.36. The fourth-order valence-corrected chi connectivity index (χ4v) is 2.94. The minimum Gasteiger partial charge on any atom is -0.417 e. The maximum absolute atomic E-state index is 13.0. The molecule has 1 spiro atoms. The van der Waals surface area contributed by atoms with Crippen molar-refractivity contribution in [3.05, 3.63) is 23.9 Å². The third-order valence-electron chi connectivity index (χ3n) is 4.28. The molecule has 0 radical (unpaired) electrons. The summed E-state index contributed by atoms with van der Waals surface area (Å²) in [6.45, 7) is -2.89. The molecule has 0 atom stereocenters. The number of carbonyl (C=O) groups excluding carboxylic acids is 1. The molecule has 2 saturated carbocycles. The lowest BCUT2D eigenvalue weighted by Crippen LogP contribution is -2.50. The Bertz CT molecular complexity index is 605. The van der Waals surface area contributed by atoms with Gasteiger partial charge in [-0.05, 0) is 24.5 Å². The van der Waals surface area contributed by atoms with Crippen LogP contribution in [-0.4, -0.2) is 29.6 Å². The molecule has 1 aromatic rings. The Morgan fingerprint density at radius 1 is 1.43 bits per heavy atom. The van der Waals surface area contributed by atoms with E-state index in [1.54, 1.807) is 6.07 Å². The Morgan fingerprint density at radius 3 is 2.74 bits per heavy atom. The van der Waals surface area contributed by atoms with Crippen LogP contribution < -0.4 is 15.4 Å².